The Morgan fingerprint density at radius 2 is 1.88 bits per heavy atom. The first-order chi connectivity index (χ1) is 12.0. The summed E-state index contributed by atoms with van der Waals surface area (Å²) < 4.78 is 1.81. The zero-order chi connectivity index (χ0) is 18.0. The van der Waals surface area contributed by atoms with Gasteiger partial charge in [-0.25, -0.2) is 0 Å². The first-order valence-electron chi connectivity index (χ1n) is 8.17. The lowest BCUT2D eigenvalue weighted by molar-refractivity contribution is -0.116. The minimum absolute atomic E-state index is 0.0704. The van der Waals surface area contributed by atoms with Gasteiger partial charge in [0, 0.05) is 39.8 Å². The topological polar surface area (TPSA) is 51.1 Å². The average molecular weight is 355 g/mol. The highest BCUT2D eigenvalue weighted by Gasteiger charge is 2.15. The summed E-state index contributed by atoms with van der Waals surface area (Å²) in [6.07, 6.45) is 2.20. The third kappa shape index (κ3) is 3.44. The Bertz CT molecular complexity index is 959. The number of anilines is 1. The van der Waals surface area contributed by atoms with Crippen LogP contribution in [0.4, 0.5) is 5.69 Å². The van der Waals surface area contributed by atoms with Gasteiger partial charge in [-0.2, -0.15) is 0 Å². The minimum atomic E-state index is -0.165. The normalized spacial score (nSPS) is 10.8. The zero-order valence-electron chi connectivity index (χ0n) is 14.2. The summed E-state index contributed by atoms with van der Waals surface area (Å²) >= 11 is 6.10. The number of nitrogens with zero attached hydrogens (tertiary/aromatic N) is 1. The number of benzene rings is 2. The fourth-order valence-electron chi connectivity index (χ4n) is 2.88. The molecule has 5 heteroatoms. The first-order valence-corrected chi connectivity index (χ1v) is 8.55. The lowest BCUT2D eigenvalue weighted by atomic mass is 10.1. The predicted octanol–water partition coefficient (Wildman–Crippen LogP) is 4.83. The second-order valence-corrected chi connectivity index (χ2v) is 6.33. The Balaban J connectivity index is 1.89. The number of fused-ring (bicyclic) bond motifs is 1. The third-order valence-electron chi connectivity index (χ3n) is 4.27. The van der Waals surface area contributed by atoms with Gasteiger partial charge in [0.1, 0.15) is 6.54 Å². The molecule has 128 valence electrons. The van der Waals surface area contributed by atoms with Gasteiger partial charge in [0.25, 0.3) is 0 Å². The maximum Gasteiger partial charge on any atom is 0.244 e. The van der Waals surface area contributed by atoms with E-state index in [0.717, 1.165) is 16.5 Å². The number of aromatic nitrogens is 1. The second kappa shape index (κ2) is 7.11. The highest BCUT2D eigenvalue weighted by Crippen LogP contribution is 2.24. The van der Waals surface area contributed by atoms with Gasteiger partial charge in [-0.3, -0.25) is 9.59 Å². The zero-order valence-corrected chi connectivity index (χ0v) is 14.9. The summed E-state index contributed by atoms with van der Waals surface area (Å²) in [5, 5.41) is 4.37. The maximum absolute atomic E-state index is 12.5. The van der Waals surface area contributed by atoms with Gasteiger partial charge < -0.3 is 9.88 Å². The molecule has 0 radical (unpaired) electrons. The number of hydrogen-bond acceptors (Lipinski definition) is 2. The molecule has 3 rings (SSSR count). The van der Waals surface area contributed by atoms with Gasteiger partial charge in [-0.1, -0.05) is 42.8 Å². The predicted molar refractivity (Wildman–Crippen MR) is 101 cm³/mol. The van der Waals surface area contributed by atoms with Gasteiger partial charge in [-0.15, -0.1) is 0 Å². The van der Waals surface area contributed by atoms with E-state index in [1.54, 1.807) is 18.3 Å². The molecule has 0 bridgehead atoms. The molecule has 1 aromatic heterocycles. The number of para-hydroxylation sites is 1. The van der Waals surface area contributed by atoms with E-state index < -0.39 is 0 Å². The molecule has 1 N–H and O–H groups in total. The fourth-order valence-corrected chi connectivity index (χ4v) is 3.05. The van der Waals surface area contributed by atoms with Crippen molar-refractivity contribution in [3.63, 3.8) is 0 Å². The second-order valence-electron chi connectivity index (χ2n) is 5.93. The fraction of sp³-hybridized carbons (Fsp3) is 0.200. The minimum Gasteiger partial charge on any atom is -0.337 e. The van der Waals surface area contributed by atoms with Crippen LogP contribution >= 0.6 is 11.6 Å². The van der Waals surface area contributed by atoms with Crippen molar-refractivity contribution in [2.75, 3.05) is 5.32 Å². The number of amides is 1. The molecule has 0 fully saturated rings. The van der Waals surface area contributed by atoms with Crippen LogP contribution in [-0.4, -0.2) is 16.3 Å². The molecule has 2 aromatic carbocycles. The highest BCUT2D eigenvalue weighted by molar-refractivity contribution is 6.31. The van der Waals surface area contributed by atoms with Gasteiger partial charge in [0.15, 0.2) is 5.78 Å². The molecule has 0 atom stereocenters. The van der Waals surface area contributed by atoms with E-state index in [4.69, 9.17) is 11.6 Å². The maximum atomic E-state index is 12.5. The van der Waals surface area contributed by atoms with Crippen molar-refractivity contribution < 1.29 is 9.59 Å². The molecule has 0 aliphatic carbocycles. The molecule has 1 heterocycles. The summed E-state index contributed by atoms with van der Waals surface area (Å²) in [6, 6.07) is 13.0. The van der Waals surface area contributed by atoms with Crippen molar-refractivity contribution in [1.82, 2.24) is 4.57 Å². The summed E-state index contributed by atoms with van der Waals surface area (Å²) in [5.74, 6) is -0.0948. The van der Waals surface area contributed by atoms with Crippen molar-refractivity contribution in [3.8, 4) is 0 Å². The molecule has 0 aliphatic rings. The van der Waals surface area contributed by atoms with Crippen LogP contribution in [0.25, 0.3) is 10.9 Å². The third-order valence-corrected chi connectivity index (χ3v) is 4.68. The number of carbonyl (C=O) groups is 2. The van der Waals surface area contributed by atoms with Crippen molar-refractivity contribution in [2.24, 2.45) is 0 Å². The van der Waals surface area contributed by atoms with E-state index in [-0.39, 0.29) is 18.2 Å². The van der Waals surface area contributed by atoms with E-state index in [1.807, 2.05) is 48.7 Å². The molecule has 25 heavy (non-hydrogen) atoms. The van der Waals surface area contributed by atoms with Crippen molar-refractivity contribution >= 4 is 39.9 Å². The average Bonchev–Trinajstić information content (AvgIpc) is 2.97. The van der Waals surface area contributed by atoms with E-state index in [1.165, 1.54) is 0 Å². The van der Waals surface area contributed by atoms with Gasteiger partial charge >= 0.3 is 0 Å². The van der Waals surface area contributed by atoms with Crippen LogP contribution in [0.5, 0.6) is 0 Å². The van der Waals surface area contributed by atoms with Crippen molar-refractivity contribution in [2.45, 2.75) is 26.8 Å². The highest BCUT2D eigenvalue weighted by atomic mass is 35.5. The number of ketones is 1. The van der Waals surface area contributed by atoms with Crippen LogP contribution in [0.15, 0.2) is 48.7 Å². The Labute approximate surface area is 151 Å². The number of nitrogens with one attached hydrogen (secondary N) is 1. The summed E-state index contributed by atoms with van der Waals surface area (Å²) in [6.45, 7) is 3.83. The number of rotatable bonds is 5. The lowest BCUT2D eigenvalue weighted by Gasteiger charge is -2.10. The molecule has 0 unspecified atom stereocenters. The van der Waals surface area contributed by atoms with Crippen molar-refractivity contribution in [1.29, 1.82) is 0 Å². The quantitative estimate of drug-likeness (QED) is 0.667. The van der Waals surface area contributed by atoms with Gasteiger partial charge in [-0.05, 0) is 30.7 Å². The smallest absolute Gasteiger partial charge is 0.244 e. The van der Waals surface area contributed by atoms with E-state index in [9.17, 15) is 9.59 Å². The van der Waals surface area contributed by atoms with Crippen LogP contribution in [-0.2, 0) is 11.3 Å². The molecular formula is C20H19ClN2O2. The Morgan fingerprint density at radius 1 is 1.12 bits per heavy atom. The summed E-state index contributed by atoms with van der Waals surface area (Å²) in [5.41, 5.74) is 3.05. The van der Waals surface area contributed by atoms with Crippen LogP contribution in [0, 0.1) is 6.92 Å². The number of carbonyl (C=O) groups excluding carboxylic acids is 2. The number of Topliss-reactive ketones (excluding diaryl/α,β-unsaturated/α-hetero) is 1. The van der Waals surface area contributed by atoms with Crippen LogP contribution in [0.3, 0.4) is 0 Å². The van der Waals surface area contributed by atoms with E-state index in [2.05, 4.69) is 5.32 Å². The molecule has 0 saturated carbocycles. The molecule has 0 aliphatic heterocycles. The number of halogens is 1. The SMILES string of the molecule is CCC(=O)c1cn(CC(=O)Nc2cccc(Cl)c2C)c2ccccc12. The lowest BCUT2D eigenvalue weighted by Crippen LogP contribution is -2.18. The molecule has 0 spiro atoms. The van der Waals surface area contributed by atoms with E-state index >= 15 is 0 Å². The molecule has 4 nitrogen and oxygen atoms in total. The van der Waals surface area contributed by atoms with Crippen LogP contribution in [0.1, 0.15) is 29.3 Å². The Morgan fingerprint density at radius 3 is 2.64 bits per heavy atom. The van der Waals surface area contributed by atoms with Crippen molar-refractivity contribution in [3.05, 3.63) is 64.8 Å². The standard InChI is InChI=1S/C20H19ClN2O2/c1-3-19(24)15-11-23(18-10-5-4-7-14(15)18)12-20(25)22-17-9-6-8-16(21)13(17)2/h4-11H,3,12H2,1-2H3,(H,22,25). The Kier molecular flexibility index (Phi) is 4.91. The Hall–Kier alpha value is -2.59. The van der Waals surface area contributed by atoms with Crippen LogP contribution < -0.4 is 5.32 Å². The summed E-state index contributed by atoms with van der Waals surface area (Å²) in [7, 11) is 0. The molecule has 0 saturated heterocycles. The number of hydrogen-bond donors (Lipinski definition) is 1. The van der Waals surface area contributed by atoms with Gasteiger partial charge in [0.05, 0.1) is 0 Å². The van der Waals surface area contributed by atoms with E-state index in [0.29, 0.717) is 22.7 Å². The molecular weight excluding hydrogens is 336 g/mol. The summed E-state index contributed by atoms with van der Waals surface area (Å²) in [4.78, 5) is 24.6. The largest absolute Gasteiger partial charge is 0.337 e. The van der Waals surface area contributed by atoms with Gasteiger partial charge in [0.2, 0.25) is 5.91 Å². The molecule has 1 amide bonds. The first kappa shape index (κ1) is 17.2. The monoisotopic (exact) mass is 354 g/mol. The van der Waals surface area contributed by atoms with Crippen LogP contribution in [0.2, 0.25) is 5.02 Å². The molecule has 3 aromatic rings.